The van der Waals surface area contributed by atoms with Gasteiger partial charge in [-0.2, -0.15) is 0 Å². The number of aromatic hydroxyl groups is 1. The van der Waals surface area contributed by atoms with Crippen LogP contribution in [0.25, 0.3) is 10.8 Å². The van der Waals surface area contributed by atoms with Crippen LogP contribution in [0.15, 0.2) is 54.6 Å². The number of hydrogen-bond donors (Lipinski definition) is 2. The molecule has 3 rings (SSSR count). The molecule has 0 bridgehead atoms. The fraction of sp³-hybridized carbons (Fsp3) is 0.190. The largest absolute Gasteiger partial charge is 0.507 e. The van der Waals surface area contributed by atoms with Gasteiger partial charge in [-0.3, -0.25) is 4.79 Å². The molecular formula is C21H21NO4. The maximum atomic E-state index is 12.4. The number of hydrogen-bond acceptors (Lipinski definition) is 4. The molecule has 0 aromatic heterocycles. The lowest BCUT2D eigenvalue weighted by atomic mass is 10.1. The van der Waals surface area contributed by atoms with Gasteiger partial charge in [0.05, 0.1) is 19.8 Å². The summed E-state index contributed by atoms with van der Waals surface area (Å²) in [6, 6.07) is 16.6. The van der Waals surface area contributed by atoms with Crippen LogP contribution in [-0.2, 0) is 6.42 Å². The third-order valence-electron chi connectivity index (χ3n) is 4.26. The first-order valence-corrected chi connectivity index (χ1v) is 8.33. The Morgan fingerprint density at radius 1 is 0.962 bits per heavy atom. The van der Waals surface area contributed by atoms with E-state index >= 15 is 0 Å². The lowest BCUT2D eigenvalue weighted by Crippen LogP contribution is -2.25. The van der Waals surface area contributed by atoms with Crippen molar-refractivity contribution in [3.8, 4) is 17.2 Å². The molecule has 3 aromatic carbocycles. The summed E-state index contributed by atoms with van der Waals surface area (Å²) in [5, 5.41) is 14.8. The Morgan fingerprint density at radius 3 is 2.35 bits per heavy atom. The van der Waals surface area contributed by atoms with Gasteiger partial charge < -0.3 is 19.9 Å². The standard InChI is InChI=1S/C21H21NO4/c1-25-19-8-7-14(11-20(19)26-2)9-10-22-21(24)17-12-15-5-3-4-6-16(15)13-18(17)23/h3-8,11-13,23H,9-10H2,1-2H3,(H,22,24). The quantitative estimate of drug-likeness (QED) is 0.713. The summed E-state index contributed by atoms with van der Waals surface area (Å²) < 4.78 is 10.5. The van der Waals surface area contributed by atoms with Crippen LogP contribution in [0, 0.1) is 0 Å². The normalized spacial score (nSPS) is 10.5. The minimum absolute atomic E-state index is 0.0210. The van der Waals surface area contributed by atoms with Crippen LogP contribution in [0.4, 0.5) is 0 Å². The van der Waals surface area contributed by atoms with Crippen molar-refractivity contribution in [2.24, 2.45) is 0 Å². The van der Waals surface area contributed by atoms with Gasteiger partial charge in [-0.1, -0.05) is 30.3 Å². The molecule has 0 saturated heterocycles. The number of fused-ring (bicyclic) bond motifs is 1. The van der Waals surface area contributed by atoms with Gasteiger partial charge in [-0.05, 0) is 47.0 Å². The molecule has 1 amide bonds. The molecule has 0 atom stereocenters. The lowest BCUT2D eigenvalue weighted by molar-refractivity contribution is 0.0951. The number of carbonyl (C=O) groups is 1. The van der Waals surface area contributed by atoms with E-state index in [4.69, 9.17) is 9.47 Å². The zero-order valence-corrected chi connectivity index (χ0v) is 14.8. The van der Waals surface area contributed by atoms with Gasteiger partial charge in [0, 0.05) is 6.54 Å². The molecule has 5 heteroatoms. The Hall–Kier alpha value is -3.21. The van der Waals surface area contributed by atoms with Crippen molar-refractivity contribution in [2.45, 2.75) is 6.42 Å². The summed E-state index contributed by atoms with van der Waals surface area (Å²) in [6.45, 7) is 0.445. The summed E-state index contributed by atoms with van der Waals surface area (Å²) in [5.74, 6) is 1.01. The SMILES string of the molecule is COc1ccc(CCNC(=O)c2cc3ccccc3cc2O)cc1OC. The third kappa shape index (κ3) is 3.72. The van der Waals surface area contributed by atoms with E-state index in [1.54, 1.807) is 26.4 Å². The maximum absolute atomic E-state index is 12.4. The van der Waals surface area contributed by atoms with E-state index < -0.39 is 0 Å². The van der Waals surface area contributed by atoms with Gasteiger partial charge in [-0.15, -0.1) is 0 Å². The van der Waals surface area contributed by atoms with Crippen molar-refractivity contribution in [2.75, 3.05) is 20.8 Å². The lowest BCUT2D eigenvalue weighted by Gasteiger charge is -2.11. The van der Waals surface area contributed by atoms with Crippen molar-refractivity contribution in [3.63, 3.8) is 0 Å². The molecule has 0 unspecified atom stereocenters. The van der Waals surface area contributed by atoms with Gasteiger partial charge in [0.15, 0.2) is 11.5 Å². The third-order valence-corrected chi connectivity index (χ3v) is 4.26. The minimum Gasteiger partial charge on any atom is -0.507 e. The highest BCUT2D eigenvalue weighted by molar-refractivity contribution is 6.01. The van der Waals surface area contributed by atoms with Crippen LogP contribution in [0.1, 0.15) is 15.9 Å². The fourth-order valence-corrected chi connectivity index (χ4v) is 2.86. The van der Waals surface area contributed by atoms with Crippen LogP contribution in [0.2, 0.25) is 0 Å². The van der Waals surface area contributed by atoms with Gasteiger partial charge in [0.2, 0.25) is 0 Å². The molecule has 3 aromatic rings. The van der Waals surface area contributed by atoms with Gasteiger partial charge >= 0.3 is 0 Å². The molecule has 5 nitrogen and oxygen atoms in total. The van der Waals surface area contributed by atoms with Gasteiger partial charge in [0.1, 0.15) is 5.75 Å². The minimum atomic E-state index is -0.297. The van der Waals surface area contributed by atoms with Crippen molar-refractivity contribution < 1.29 is 19.4 Å². The molecule has 0 saturated carbocycles. The molecule has 134 valence electrons. The topological polar surface area (TPSA) is 67.8 Å². The second kappa shape index (κ2) is 7.78. The van der Waals surface area contributed by atoms with Crippen molar-refractivity contribution in [1.29, 1.82) is 0 Å². The zero-order chi connectivity index (χ0) is 18.5. The second-order valence-corrected chi connectivity index (χ2v) is 5.91. The first kappa shape index (κ1) is 17.6. The van der Waals surface area contributed by atoms with E-state index in [2.05, 4.69) is 5.32 Å². The summed E-state index contributed by atoms with van der Waals surface area (Å²) in [5.41, 5.74) is 1.29. The second-order valence-electron chi connectivity index (χ2n) is 5.91. The number of methoxy groups -OCH3 is 2. The predicted octanol–water partition coefficient (Wildman–Crippen LogP) is 3.54. The Kier molecular flexibility index (Phi) is 5.27. The maximum Gasteiger partial charge on any atom is 0.255 e. The van der Waals surface area contributed by atoms with Gasteiger partial charge in [0.25, 0.3) is 5.91 Å². The molecule has 26 heavy (non-hydrogen) atoms. The van der Waals surface area contributed by atoms with E-state index in [9.17, 15) is 9.90 Å². The number of phenolic OH excluding ortho intramolecular Hbond substituents is 1. The summed E-state index contributed by atoms with van der Waals surface area (Å²) in [7, 11) is 3.18. The van der Waals surface area contributed by atoms with Gasteiger partial charge in [-0.25, -0.2) is 0 Å². The molecule has 0 spiro atoms. The van der Waals surface area contributed by atoms with Crippen LogP contribution in [0.3, 0.4) is 0 Å². The average Bonchev–Trinajstić information content (AvgIpc) is 2.67. The Bertz CT molecular complexity index is 936. The number of benzene rings is 3. The van der Waals surface area contributed by atoms with E-state index in [0.29, 0.717) is 24.5 Å². The number of ether oxygens (including phenoxy) is 2. The Balaban J connectivity index is 1.67. The van der Waals surface area contributed by atoms with Crippen molar-refractivity contribution >= 4 is 16.7 Å². The Morgan fingerprint density at radius 2 is 1.65 bits per heavy atom. The number of phenols is 1. The zero-order valence-electron chi connectivity index (χ0n) is 14.8. The first-order chi connectivity index (χ1) is 12.6. The molecule has 0 fully saturated rings. The highest BCUT2D eigenvalue weighted by atomic mass is 16.5. The first-order valence-electron chi connectivity index (χ1n) is 8.33. The average molecular weight is 351 g/mol. The Labute approximate surface area is 152 Å². The molecule has 0 aliphatic rings. The summed E-state index contributed by atoms with van der Waals surface area (Å²) in [4.78, 5) is 12.4. The number of nitrogens with one attached hydrogen (secondary N) is 1. The molecule has 0 aliphatic carbocycles. The van der Waals surface area contributed by atoms with Crippen LogP contribution in [-0.4, -0.2) is 31.8 Å². The van der Waals surface area contributed by atoms with Crippen LogP contribution in [0.5, 0.6) is 17.2 Å². The molecule has 0 radical (unpaired) electrons. The molecule has 0 aliphatic heterocycles. The highest BCUT2D eigenvalue weighted by Gasteiger charge is 2.12. The summed E-state index contributed by atoms with van der Waals surface area (Å²) >= 11 is 0. The van der Waals surface area contributed by atoms with E-state index in [0.717, 1.165) is 16.3 Å². The van der Waals surface area contributed by atoms with Crippen molar-refractivity contribution in [1.82, 2.24) is 5.32 Å². The monoisotopic (exact) mass is 351 g/mol. The molecule has 0 heterocycles. The number of rotatable bonds is 6. The highest BCUT2D eigenvalue weighted by Crippen LogP contribution is 2.28. The number of carbonyl (C=O) groups excluding carboxylic acids is 1. The molecule has 2 N–H and O–H groups in total. The molecular weight excluding hydrogens is 330 g/mol. The van der Waals surface area contributed by atoms with E-state index in [1.807, 2.05) is 42.5 Å². The van der Waals surface area contributed by atoms with E-state index in [-0.39, 0.29) is 17.2 Å². The predicted molar refractivity (Wildman–Crippen MR) is 101 cm³/mol. The number of amides is 1. The smallest absolute Gasteiger partial charge is 0.255 e. The fourth-order valence-electron chi connectivity index (χ4n) is 2.86. The van der Waals surface area contributed by atoms with Crippen LogP contribution >= 0.6 is 0 Å². The summed E-state index contributed by atoms with van der Waals surface area (Å²) in [6.07, 6.45) is 0.639. The van der Waals surface area contributed by atoms with E-state index in [1.165, 1.54) is 0 Å². The van der Waals surface area contributed by atoms with Crippen molar-refractivity contribution in [3.05, 3.63) is 65.7 Å². The van der Waals surface area contributed by atoms with Crippen LogP contribution < -0.4 is 14.8 Å².